The van der Waals surface area contributed by atoms with Gasteiger partial charge < -0.3 is 9.53 Å². The van der Waals surface area contributed by atoms with Gasteiger partial charge in [0.25, 0.3) is 5.69 Å². The summed E-state index contributed by atoms with van der Waals surface area (Å²) in [6.45, 7) is 0. The molecule has 1 atom stereocenters. The topological polar surface area (TPSA) is 69.4 Å². The fraction of sp³-hybridized carbons (Fsp3) is 0.133. The monoisotopic (exact) mass is 271 g/mol. The zero-order valence-corrected chi connectivity index (χ0v) is 10.9. The van der Waals surface area contributed by atoms with E-state index in [9.17, 15) is 14.9 Å². The van der Waals surface area contributed by atoms with E-state index in [0.29, 0.717) is 23.2 Å². The number of nitrogens with zero attached hydrogens (tertiary/aromatic N) is 1. The van der Waals surface area contributed by atoms with Crippen LogP contribution in [0.15, 0.2) is 48.5 Å². The first-order chi connectivity index (χ1) is 9.67. The molecule has 0 radical (unpaired) electrons. The predicted octanol–water partition coefficient (Wildman–Crippen LogP) is 2.93. The molecule has 0 bridgehead atoms. The number of nitro groups is 1. The normalized spacial score (nSPS) is 11.7. The molecule has 0 saturated carbocycles. The highest BCUT2D eigenvalue weighted by Gasteiger charge is 2.22. The molecule has 5 nitrogen and oxygen atoms in total. The van der Waals surface area contributed by atoms with Gasteiger partial charge in [-0.15, -0.1) is 0 Å². The predicted molar refractivity (Wildman–Crippen MR) is 74.0 cm³/mol. The van der Waals surface area contributed by atoms with Crippen LogP contribution in [-0.4, -0.2) is 18.3 Å². The zero-order valence-electron chi connectivity index (χ0n) is 10.9. The lowest BCUT2D eigenvalue weighted by Crippen LogP contribution is -2.06. The van der Waals surface area contributed by atoms with Crippen LogP contribution in [0.5, 0.6) is 5.75 Å². The van der Waals surface area contributed by atoms with E-state index in [2.05, 4.69) is 0 Å². The van der Waals surface area contributed by atoms with E-state index in [1.807, 2.05) is 0 Å². The van der Waals surface area contributed by atoms with E-state index in [1.165, 1.54) is 6.07 Å². The van der Waals surface area contributed by atoms with Crippen LogP contribution in [0.3, 0.4) is 0 Å². The van der Waals surface area contributed by atoms with E-state index in [1.54, 1.807) is 49.6 Å². The first-order valence-electron chi connectivity index (χ1n) is 6.00. The first-order valence-corrected chi connectivity index (χ1v) is 6.00. The van der Waals surface area contributed by atoms with Crippen LogP contribution >= 0.6 is 0 Å². The smallest absolute Gasteiger partial charge is 0.273 e. The molecule has 0 aliphatic rings. The van der Waals surface area contributed by atoms with E-state index < -0.39 is 10.8 Å². The maximum Gasteiger partial charge on any atom is 0.273 e. The second-order valence-electron chi connectivity index (χ2n) is 4.20. The minimum Gasteiger partial charge on any atom is -0.497 e. The molecule has 102 valence electrons. The van der Waals surface area contributed by atoms with Gasteiger partial charge >= 0.3 is 0 Å². The fourth-order valence-electron chi connectivity index (χ4n) is 2.06. The van der Waals surface area contributed by atoms with Crippen molar-refractivity contribution in [3.05, 3.63) is 69.8 Å². The number of nitro benzene ring substituents is 1. The molecule has 0 N–H and O–H groups in total. The molecule has 0 spiro atoms. The second-order valence-corrected chi connectivity index (χ2v) is 4.20. The van der Waals surface area contributed by atoms with Gasteiger partial charge in [-0.05, 0) is 17.7 Å². The molecule has 0 amide bonds. The van der Waals surface area contributed by atoms with E-state index >= 15 is 0 Å². The van der Waals surface area contributed by atoms with Crippen LogP contribution in [-0.2, 0) is 4.79 Å². The van der Waals surface area contributed by atoms with Crippen molar-refractivity contribution in [2.45, 2.75) is 5.92 Å². The Hall–Kier alpha value is -2.69. The Morgan fingerprint density at radius 1 is 1.15 bits per heavy atom. The third kappa shape index (κ3) is 2.66. The summed E-state index contributed by atoms with van der Waals surface area (Å²) in [7, 11) is 1.55. The second kappa shape index (κ2) is 5.97. The van der Waals surface area contributed by atoms with Crippen molar-refractivity contribution in [1.29, 1.82) is 0 Å². The van der Waals surface area contributed by atoms with Crippen LogP contribution in [0.2, 0.25) is 0 Å². The molecule has 0 fully saturated rings. The van der Waals surface area contributed by atoms with Crippen molar-refractivity contribution in [2.24, 2.45) is 0 Å². The van der Waals surface area contributed by atoms with Crippen LogP contribution in [0.4, 0.5) is 5.69 Å². The molecule has 0 saturated heterocycles. The van der Waals surface area contributed by atoms with Gasteiger partial charge in [-0.3, -0.25) is 10.1 Å². The number of hydrogen-bond acceptors (Lipinski definition) is 4. The molecule has 20 heavy (non-hydrogen) atoms. The quantitative estimate of drug-likeness (QED) is 0.476. The minimum absolute atomic E-state index is 0.0552. The lowest BCUT2D eigenvalue weighted by Gasteiger charge is -2.12. The van der Waals surface area contributed by atoms with Gasteiger partial charge in [0.2, 0.25) is 0 Å². The van der Waals surface area contributed by atoms with Crippen LogP contribution in [0.1, 0.15) is 17.0 Å². The Balaban J connectivity index is 2.46. The van der Waals surface area contributed by atoms with E-state index in [4.69, 9.17) is 4.74 Å². The molecule has 2 rings (SSSR count). The first kappa shape index (κ1) is 13.7. The summed E-state index contributed by atoms with van der Waals surface area (Å²) in [6, 6.07) is 13.2. The number of methoxy groups -OCH3 is 1. The Morgan fingerprint density at radius 3 is 2.35 bits per heavy atom. The third-order valence-electron chi connectivity index (χ3n) is 3.08. The maximum absolute atomic E-state index is 11.4. The Kier molecular flexibility index (Phi) is 4.10. The van der Waals surface area contributed by atoms with Crippen molar-refractivity contribution in [1.82, 2.24) is 0 Å². The van der Waals surface area contributed by atoms with Crippen LogP contribution < -0.4 is 4.74 Å². The highest BCUT2D eigenvalue weighted by atomic mass is 16.6. The summed E-state index contributed by atoms with van der Waals surface area (Å²) in [6.07, 6.45) is 0.712. The summed E-state index contributed by atoms with van der Waals surface area (Å²) in [4.78, 5) is 21.9. The summed E-state index contributed by atoms with van der Waals surface area (Å²) in [5.74, 6) is 0.00321. The molecule has 5 heteroatoms. The van der Waals surface area contributed by atoms with Crippen molar-refractivity contribution in [3.63, 3.8) is 0 Å². The van der Waals surface area contributed by atoms with Crippen molar-refractivity contribution in [3.8, 4) is 5.75 Å². The highest BCUT2D eigenvalue weighted by molar-refractivity contribution is 5.71. The summed E-state index contributed by atoms with van der Waals surface area (Å²) in [5, 5.41) is 11.0. The molecule has 0 unspecified atom stereocenters. The van der Waals surface area contributed by atoms with Gasteiger partial charge in [-0.1, -0.05) is 30.3 Å². The summed E-state index contributed by atoms with van der Waals surface area (Å²) < 4.78 is 5.05. The number of para-hydroxylation sites is 1. The van der Waals surface area contributed by atoms with Crippen LogP contribution in [0.25, 0.3) is 0 Å². The lowest BCUT2D eigenvalue weighted by molar-refractivity contribution is -0.385. The summed E-state index contributed by atoms with van der Waals surface area (Å²) in [5.41, 5.74) is 1.02. The molecule has 2 aromatic carbocycles. The van der Waals surface area contributed by atoms with Crippen LogP contribution in [0, 0.1) is 10.1 Å². The van der Waals surface area contributed by atoms with Gasteiger partial charge in [0.15, 0.2) is 0 Å². The van der Waals surface area contributed by atoms with Crippen molar-refractivity contribution < 1.29 is 14.5 Å². The Bertz CT molecular complexity index is 622. The number of carbonyl (C=O) groups is 1. The van der Waals surface area contributed by atoms with E-state index in [0.717, 1.165) is 0 Å². The highest BCUT2D eigenvalue weighted by Crippen LogP contribution is 2.30. The molecule has 0 aliphatic carbocycles. The number of hydrogen-bond donors (Lipinski definition) is 0. The maximum atomic E-state index is 11.4. The SMILES string of the molecule is COc1ccc([C@H](C=O)c2ccccc2[N+](=O)[O-])cc1. The van der Waals surface area contributed by atoms with Gasteiger partial charge in [0.1, 0.15) is 12.0 Å². The summed E-state index contributed by atoms with van der Waals surface area (Å²) >= 11 is 0. The minimum atomic E-state index is -0.664. The Morgan fingerprint density at radius 2 is 1.80 bits per heavy atom. The molecule has 2 aromatic rings. The molecular formula is C15H13NO4. The number of ether oxygens (including phenoxy) is 1. The largest absolute Gasteiger partial charge is 0.497 e. The number of carbonyl (C=O) groups excluding carboxylic acids is 1. The molecule has 0 aromatic heterocycles. The van der Waals surface area contributed by atoms with Gasteiger partial charge in [-0.25, -0.2) is 0 Å². The number of rotatable bonds is 5. The molecule has 0 aliphatic heterocycles. The van der Waals surface area contributed by atoms with Gasteiger partial charge in [0, 0.05) is 11.6 Å². The Labute approximate surface area is 116 Å². The lowest BCUT2D eigenvalue weighted by atomic mass is 9.91. The third-order valence-corrected chi connectivity index (χ3v) is 3.08. The molecular weight excluding hydrogens is 258 g/mol. The average molecular weight is 271 g/mol. The van der Waals surface area contributed by atoms with Crippen molar-refractivity contribution in [2.75, 3.05) is 7.11 Å². The zero-order chi connectivity index (χ0) is 14.5. The van der Waals surface area contributed by atoms with E-state index in [-0.39, 0.29) is 5.69 Å². The fourth-order valence-corrected chi connectivity index (χ4v) is 2.06. The van der Waals surface area contributed by atoms with Gasteiger partial charge in [0.05, 0.1) is 18.0 Å². The van der Waals surface area contributed by atoms with Gasteiger partial charge in [-0.2, -0.15) is 0 Å². The van der Waals surface area contributed by atoms with Crippen molar-refractivity contribution >= 4 is 12.0 Å². The number of aldehydes is 1. The standard InChI is InChI=1S/C15H13NO4/c1-20-12-8-6-11(7-9-12)14(10-17)13-4-2-3-5-15(13)16(18)19/h2-10,14H,1H3/t14-/m0/s1. The number of benzene rings is 2. The molecule has 0 heterocycles. The average Bonchev–Trinajstić information content (AvgIpc) is 2.49.